The van der Waals surface area contributed by atoms with Gasteiger partial charge in [0.25, 0.3) is 10.0 Å². The van der Waals surface area contributed by atoms with E-state index in [1.54, 1.807) is 13.0 Å². The second-order valence-corrected chi connectivity index (χ2v) is 6.43. The van der Waals surface area contributed by atoms with E-state index in [0.717, 1.165) is 17.7 Å². The molecule has 8 heteroatoms. The molecule has 108 valence electrons. The van der Waals surface area contributed by atoms with Crippen LogP contribution in [0.3, 0.4) is 0 Å². The molecule has 2 aromatic rings. The van der Waals surface area contributed by atoms with Crippen molar-refractivity contribution < 1.29 is 8.42 Å². The van der Waals surface area contributed by atoms with E-state index in [4.69, 9.17) is 17.3 Å². The maximum absolute atomic E-state index is 12.3. The van der Waals surface area contributed by atoms with Gasteiger partial charge in [-0.3, -0.25) is 9.82 Å². The van der Waals surface area contributed by atoms with Crippen LogP contribution in [-0.4, -0.2) is 18.6 Å². The zero-order chi connectivity index (χ0) is 14.9. The summed E-state index contributed by atoms with van der Waals surface area (Å²) in [6.07, 6.45) is 0.729. The Morgan fingerprint density at radius 3 is 2.70 bits per heavy atom. The van der Waals surface area contributed by atoms with E-state index in [0.29, 0.717) is 5.69 Å². The first kappa shape index (κ1) is 14.7. The SMILES string of the molecule is CCc1cc(NS(=O)(=O)c2cc(N)c(C)cc2Cl)n[nH]1. The Labute approximate surface area is 122 Å². The van der Waals surface area contributed by atoms with Crippen LogP contribution in [0.15, 0.2) is 23.1 Å². The Kier molecular flexibility index (Phi) is 3.92. The molecule has 6 nitrogen and oxygen atoms in total. The molecule has 0 amide bonds. The third-order valence-corrected chi connectivity index (χ3v) is 4.68. The van der Waals surface area contributed by atoms with Gasteiger partial charge in [-0.1, -0.05) is 18.5 Å². The minimum absolute atomic E-state index is 0.0664. The number of nitrogen functional groups attached to an aromatic ring is 1. The number of hydrogen-bond donors (Lipinski definition) is 3. The van der Waals surface area contributed by atoms with E-state index < -0.39 is 10.0 Å². The molecule has 0 radical (unpaired) electrons. The molecule has 4 N–H and O–H groups in total. The smallest absolute Gasteiger partial charge is 0.264 e. The molecule has 0 saturated carbocycles. The van der Waals surface area contributed by atoms with E-state index in [1.165, 1.54) is 12.1 Å². The van der Waals surface area contributed by atoms with Crippen molar-refractivity contribution in [3.63, 3.8) is 0 Å². The summed E-state index contributed by atoms with van der Waals surface area (Å²) in [5.74, 6) is 0.220. The standard InChI is InChI=1S/C12H15ClN4O2S/c1-3-8-5-12(16-15-8)17-20(18,19)11-6-10(14)7(2)4-9(11)13/h4-6H,3,14H2,1-2H3,(H2,15,16,17). The topological polar surface area (TPSA) is 101 Å². The molecule has 0 aliphatic carbocycles. The fourth-order valence-electron chi connectivity index (χ4n) is 1.66. The van der Waals surface area contributed by atoms with Crippen LogP contribution in [0.1, 0.15) is 18.2 Å². The zero-order valence-electron chi connectivity index (χ0n) is 11.1. The Morgan fingerprint density at radius 1 is 1.40 bits per heavy atom. The fraction of sp³-hybridized carbons (Fsp3) is 0.250. The zero-order valence-corrected chi connectivity index (χ0v) is 12.6. The summed E-state index contributed by atoms with van der Waals surface area (Å²) in [4.78, 5) is -0.0664. The summed E-state index contributed by atoms with van der Waals surface area (Å²) in [6, 6.07) is 4.49. The van der Waals surface area contributed by atoms with E-state index in [-0.39, 0.29) is 15.7 Å². The molecule has 0 atom stereocenters. The van der Waals surface area contributed by atoms with Gasteiger partial charge in [0.1, 0.15) is 4.90 Å². The number of aromatic nitrogens is 2. The molecule has 2 rings (SSSR count). The van der Waals surface area contributed by atoms with Gasteiger partial charge in [-0.2, -0.15) is 5.10 Å². The molecule has 0 bridgehead atoms. The van der Waals surface area contributed by atoms with Crippen LogP contribution >= 0.6 is 11.6 Å². The van der Waals surface area contributed by atoms with Gasteiger partial charge in [0.05, 0.1) is 5.02 Å². The molecule has 1 aromatic heterocycles. The number of anilines is 2. The predicted molar refractivity (Wildman–Crippen MR) is 79.4 cm³/mol. The first-order valence-electron chi connectivity index (χ1n) is 5.96. The third kappa shape index (κ3) is 2.88. The summed E-state index contributed by atoms with van der Waals surface area (Å²) < 4.78 is 26.9. The van der Waals surface area contributed by atoms with Crippen molar-refractivity contribution in [1.82, 2.24) is 10.2 Å². The number of hydrogen-bond acceptors (Lipinski definition) is 4. The van der Waals surface area contributed by atoms with Gasteiger partial charge in [0.15, 0.2) is 5.82 Å². The van der Waals surface area contributed by atoms with Crippen LogP contribution in [0.2, 0.25) is 5.02 Å². The lowest BCUT2D eigenvalue weighted by Crippen LogP contribution is -2.14. The van der Waals surface area contributed by atoms with Crippen LogP contribution in [-0.2, 0) is 16.4 Å². The highest BCUT2D eigenvalue weighted by molar-refractivity contribution is 7.92. The maximum atomic E-state index is 12.3. The van der Waals surface area contributed by atoms with Gasteiger partial charge in [-0.15, -0.1) is 0 Å². The van der Waals surface area contributed by atoms with Crippen molar-refractivity contribution in [3.8, 4) is 0 Å². The molecule has 0 aliphatic heterocycles. The minimum Gasteiger partial charge on any atom is -0.398 e. The average Bonchev–Trinajstić information content (AvgIpc) is 2.80. The van der Waals surface area contributed by atoms with Gasteiger partial charge < -0.3 is 5.73 Å². The van der Waals surface area contributed by atoms with Gasteiger partial charge in [0.2, 0.25) is 0 Å². The van der Waals surface area contributed by atoms with Crippen molar-refractivity contribution >= 4 is 33.1 Å². The predicted octanol–water partition coefficient (Wildman–Crippen LogP) is 2.32. The second kappa shape index (κ2) is 5.34. The first-order valence-corrected chi connectivity index (χ1v) is 7.82. The summed E-state index contributed by atoms with van der Waals surface area (Å²) in [7, 11) is -3.82. The van der Waals surface area contributed by atoms with Crippen LogP contribution in [0.4, 0.5) is 11.5 Å². The molecule has 20 heavy (non-hydrogen) atoms. The van der Waals surface area contributed by atoms with Crippen LogP contribution in [0, 0.1) is 6.92 Å². The van der Waals surface area contributed by atoms with Crippen molar-refractivity contribution in [2.24, 2.45) is 0 Å². The summed E-state index contributed by atoms with van der Waals surface area (Å²) in [6.45, 7) is 3.69. The van der Waals surface area contributed by atoms with Crippen molar-refractivity contribution in [2.45, 2.75) is 25.2 Å². The number of rotatable bonds is 4. The first-order chi connectivity index (χ1) is 9.33. The number of H-pyrrole nitrogens is 1. The highest BCUT2D eigenvalue weighted by Gasteiger charge is 2.20. The van der Waals surface area contributed by atoms with Gasteiger partial charge in [0, 0.05) is 17.4 Å². The monoisotopic (exact) mass is 314 g/mol. The molecular weight excluding hydrogens is 300 g/mol. The number of nitrogens with one attached hydrogen (secondary N) is 2. The number of benzene rings is 1. The molecule has 0 spiro atoms. The Hall–Kier alpha value is -1.73. The van der Waals surface area contributed by atoms with Crippen molar-refractivity contribution in [2.75, 3.05) is 10.5 Å². The van der Waals surface area contributed by atoms with E-state index >= 15 is 0 Å². The second-order valence-electron chi connectivity index (χ2n) is 4.38. The van der Waals surface area contributed by atoms with Crippen LogP contribution in [0.5, 0.6) is 0 Å². The number of halogens is 1. The van der Waals surface area contributed by atoms with Gasteiger partial charge >= 0.3 is 0 Å². The highest BCUT2D eigenvalue weighted by Crippen LogP contribution is 2.28. The molecule has 0 fully saturated rings. The number of nitrogens with two attached hydrogens (primary N) is 1. The Bertz CT molecular complexity index is 740. The molecule has 0 aliphatic rings. The molecule has 0 saturated heterocycles. The Morgan fingerprint density at radius 2 is 2.10 bits per heavy atom. The molecule has 1 heterocycles. The fourth-order valence-corrected chi connectivity index (χ4v) is 3.27. The summed E-state index contributed by atoms with van der Waals surface area (Å²) in [5.41, 5.74) is 7.65. The number of sulfonamides is 1. The molecular formula is C12H15ClN4O2S. The van der Waals surface area contributed by atoms with E-state index in [1.807, 2.05) is 6.92 Å². The summed E-state index contributed by atoms with van der Waals surface area (Å²) >= 11 is 5.98. The van der Waals surface area contributed by atoms with Crippen LogP contribution in [0.25, 0.3) is 0 Å². The summed E-state index contributed by atoms with van der Waals surface area (Å²) in [5, 5.41) is 6.73. The van der Waals surface area contributed by atoms with Crippen LogP contribution < -0.4 is 10.5 Å². The number of nitrogens with zero attached hydrogens (tertiary/aromatic N) is 1. The lowest BCUT2D eigenvalue weighted by Gasteiger charge is -2.09. The van der Waals surface area contributed by atoms with Crippen molar-refractivity contribution in [1.29, 1.82) is 0 Å². The quantitative estimate of drug-likeness (QED) is 0.754. The lowest BCUT2D eigenvalue weighted by molar-refractivity contribution is 0.601. The number of aromatic amines is 1. The largest absolute Gasteiger partial charge is 0.398 e. The lowest BCUT2D eigenvalue weighted by atomic mass is 10.2. The third-order valence-electron chi connectivity index (χ3n) is 2.86. The van der Waals surface area contributed by atoms with E-state index in [9.17, 15) is 8.42 Å². The minimum atomic E-state index is -3.82. The number of aryl methyl sites for hydroxylation is 2. The van der Waals surface area contributed by atoms with Gasteiger partial charge in [-0.05, 0) is 31.0 Å². The highest BCUT2D eigenvalue weighted by atomic mass is 35.5. The average molecular weight is 315 g/mol. The van der Waals surface area contributed by atoms with Gasteiger partial charge in [-0.25, -0.2) is 8.42 Å². The normalized spacial score (nSPS) is 11.6. The maximum Gasteiger partial charge on any atom is 0.264 e. The van der Waals surface area contributed by atoms with E-state index in [2.05, 4.69) is 14.9 Å². The van der Waals surface area contributed by atoms with Crippen molar-refractivity contribution in [3.05, 3.63) is 34.5 Å². The molecule has 1 aromatic carbocycles. The molecule has 0 unspecified atom stereocenters. The Balaban J connectivity index is 2.37.